The molecule has 0 aliphatic carbocycles. The van der Waals surface area contributed by atoms with Crippen LogP contribution in [0.3, 0.4) is 0 Å². The second-order valence-corrected chi connectivity index (χ2v) is 8.46. The van der Waals surface area contributed by atoms with Gasteiger partial charge in [-0.05, 0) is 30.8 Å². The zero-order valence-corrected chi connectivity index (χ0v) is 17.0. The number of methoxy groups -OCH3 is 2. The van der Waals surface area contributed by atoms with Gasteiger partial charge in [0, 0.05) is 32.9 Å². The van der Waals surface area contributed by atoms with Gasteiger partial charge in [0.05, 0.1) is 25.8 Å². The molecule has 0 radical (unpaired) electrons. The molecular weight excluding hydrogens is 370 g/mol. The molecule has 2 rings (SSSR count). The molecule has 0 atom stereocenters. The smallest absolute Gasteiger partial charge is 0.251 e. The van der Waals surface area contributed by atoms with Crippen molar-refractivity contribution in [3.63, 3.8) is 0 Å². The largest absolute Gasteiger partial charge is 0.493 e. The Morgan fingerprint density at radius 1 is 1.00 bits per heavy atom. The molecule has 1 heterocycles. The Morgan fingerprint density at radius 3 is 2.26 bits per heavy atom. The Bertz CT molecular complexity index is 954. The highest BCUT2D eigenvalue weighted by molar-refractivity contribution is 7.89. The van der Waals surface area contributed by atoms with Crippen LogP contribution in [-0.2, 0) is 23.2 Å². The number of ether oxygens (including phenoxy) is 2. The van der Waals surface area contributed by atoms with Crippen LogP contribution in [0.5, 0.6) is 11.5 Å². The SMILES string of the molecule is COc1ccc(CN(C)Cn2cc(S(=O)(=O)N(C)C)ccc2=O)cc1OC. The predicted molar refractivity (Wildman–Crippen MR) is 103 cm³/mol. The van der Waals surface area contributed by atoms with Crippen molar-refractivity contribution in [1.82, 2.24) is 13.8 Å². The van der Waals surface area contributed by atoms with E-state index in [1.54, 1.807) is 14.2 Å². The zero-order chi connectivity index (χ0) is 20.2. The molecule has 0 amide bonds. The van der Waals surface area contributed by atoms with Crippen molar-refractivity contribution in [1.29, 1.82) is 0 Å². The monoisotopic (exact) mass is 395 g/mol. The van der Waals surface area contributed by atoms with Crippen molar-refractivity contribution in [2.45, 2.75) is 18.1 Å². The molecule has 0 saturated carbocycles. The minimum atomic E-state index is -3.60. The molecule has 0 saturated heterocycles. The van der Waals surface area contributed by atoms with Crippen LogP contribution in [0.25, 0.3) is 0 Å². The molecule has 0 N–H and O–H groups in total. The highest BCUT2D eigenvalue weighted by Crippen LogP contribution is 2.27. The summed E-state index contributed by atoms with van der Waals surface area (Å²) in [4.78, 5) is 14.1. The summed E-state index contributed by atoms with van der Waals surface area (Å²) in [6.07, 6.45) is 1.36. The van der Waals surface area contributed by atoms with Gasteiger partial charge in [0.15, 0.2) is 11.5 Å². The second-order valence-electron chi connectivity index (χ2n) is 6.31. The lowest BCUT2D eigenvalue weighted by molar-refractivity contribution is 0.254. The number of rotatable bonds is 8. The van der Waals surface area contributed by atoms with Crippen molar-refractivity contribution in [3.05, 3.63) is 52.4 Å². The number of pyridine rings is 1. The minimum Gasteiger partial charge on any atom is -0.493 e. The molecule has 9 heteroatoms. The normalized spacial score (nSPS) is 11.8. The molecule has 1 aromatic heterocycles. The van der Waals surface area contributed by atoms with Gasteiger partial charge in [-0.25, -0.2) is 12.7 Å². The summed E-state index contributed by atoms with van der Waals surface area (Å²) in [7, 11) is 4.29. The number of hydrogen-bond donors (Lipinski definition) is 0. The van der Waals surface area contributed by atoms with Gasteiger partial charge in [0.1, 0.15) is 0 Å². The average Bonchev–Trinajstić information content (AvgIpc) is 2.63. The third kappa shape index (κ3) is 4.88. The van der Waals surface area contributed by atoms with E-state index in [0.29, 0.717) is 18.0 Å². The van der Waals surface area contributed by atoms with Gasteiger partial charge in [-0.15, -0.1) is 0 Å². The predicted octanol–water partition coefficient (Wildman–Crippen LogP) is 1.21. The first-order valence-corrected chi connectivity index (χ1v) is 9.65. The second kappa shape index (κ2) is 8.55. The Labute approximate surface area is 159 Å². The molecule has 0 fully saturated rings. The van der Waals surface area contributed by atoms with Gasteiger partial charge in [0.2, 0.25) is 10.0 Å². The molecule has 8 nitrogen and oxygen atoms in total. The fourth-order valence-electron chi connectivity index (χ4n) is 2.58. The number of aromatic nitrogens is 1. The van der Waals surface area contributed by atoms with Gasteiger partial charge >= 0.3 is 0 Å². The van der Waals surface area contributed by atoms with Gasteiger partial charge in [-0.1, -0.05) is 6.07 Å². The maximum atomic E-state index is 12.3. The Morgan fingerprint density at radius 2 is 1.67 bits per heavy atom. The third-order valence-electron chi connectivity index (χ3n) is 4.03. The maximum Gasteiger partial charge on any atom is 0.251 e. The van der Waals surface area contributed by atoms with E-state index in [0.717, 1.165) is 9.87 Å². The fourth-order valence-corrected chi connectivity index (χ4v) is 3.51. The summed E-state index contributed by atoms with van der Waals surface area (Å²) in [6, 6.07) is 8.18. The van der Waals surface area contributed by atoms with E-state index >= 15 is 0 Å². The lowest BCUT2D eigenvalue weighted by Crippen LogP contribution is -2.30. The molecular formula is C18H25N3O5S. The van der Waals surface area contributed by atoms with Crippen LogP contribution < -0.4 is 15.0 Å². The van der Waals surface area contributed by atoms with Crippen LogP contribution in [0, 0.1) is 0 Å². The topological polar surface area (TPSA) is 81.1 Å². The Balaban J connectivity index is 2.21. The highest BCUT2D eigenvalue weighted by Gasteiger charge is 2.18. The summed E-state index contributed by atoms with van der Waals surface area (Å²) < 4.78 is 37.6. The molecule has 0 bridgehead atoms. The van der Waals surface area contributed by atoms with Crippen molar-refractivity contribution in [2.24, 2.45) is 0 Å². The van der Waals surface area contributed by atoms with E-state index in [1.165, 1.54) is 37.0 Å². The number of hydrogen-bond acceptors (Lipinski definition) is 6. The number of sulfonamides is 1. The summed E-state index contributed by atoms with van der Waals surface area (Å²) >= 11 is 0. The van der Waals surface area contributed by atoms with E-state index in [-0.39, 0.29) is 17.1 Å². The van der Waals surface area contributed by atoms with Gasteiger partial charge < -0.3 is 14.0 Å². The van der Waals surface area contributed by atoms with E-state index < -0.39 is 10.0 Å². The third-order valence-corrected chi connectivity index (χ3v) is 5.83. The average molecular weight is 395 g/mol. The highest BCUT2D eigenvalue weighted by atomic mass is 32.2. The Hall–Kier alpha value is -2.36. The first kappa shape index (κ1) is 20.9. The summed E-state index contributed by atoms with van der Waals surface area (Å²) in [5.41, 5.74) is 0.701. The molecule has 148 valence electrons. The lowest BCUT2D eigenvalue weighted by atomic mass is 10.2. The molecule has 0 unspecified atom stereocenters. The minimum absolute atomic E-state index is 0.0756. The molecule has 0 spiro atoms. The van der Waals surface area contributed by atoms with Gasteiger partial charge in [-0.2, -0.15) is 0 Å². The molecule has 27 heavy (non-hydrogen) atoms. The zero-order valence-electron chi connectivity index (χ0n) is 16.2. The van der Waals surface area contributed by atoms with E-state index in [4.69, 9.17) is 9.47 Å². The summed E-state index contributed by atoms with van der Waals surface area (Å²) in [5, 5.41) is 0. The van der Waals surface area contributed by atoms with Crippen LogP contribution in [0.1, 0.15) is 5.56 Å². The Kier molecular flexibility index (Phi) is 6.63. The molecule has 0 aliphatic heterocycles. The fraction of sp³-hybridized carbons (Fsp3) is 0.389. The van der Waals surface area contributed by atoms with Crippen molar-refractivity contribution in [3.8, 4) is 11.5 Å². The maximum absolute atomic E-state index is 12.3. The van der Waals surface area contributed by atoms with Gasteiger partial charge in [-0.3, -0.25) is 9.69 Å². The molecule has 2 aromatic rings. The summed E-state index contributed by atoms with van der Waals surface area (Å²) in [5.74, 6) is 1.27. The van der Waals surface area contributed by atoms with Crippen LogP contribution in [0.4, 0.5) is 0 Å². The van der Waals surface area contributed by atoms with Crippen LogP contribution in [-0.4, -0.2) is 57.6 Å². The number of nitrogens with zero attached hydrogens (tertiary/aromatic N) is 3. The van der Waals surface area contributed by atoms with Crippen molar-refractivity contribution < 1.29 is 17.9 Å². The van der Waals surface area contributed by atoms with E-state index in [2.05, 4.69) is 0 Å². The van der Waals surface area contributed by atoms with E-state index in [9.17, 15) is 13.2 Å². The van der Waals surface area contributed by atoms with Crippen LogP contribution in [0.15, 0.2) is 46.2 Å². The van der Waals surface area contributed by atoms with Crippen LogP contribution >= 0.6 is 0 Å². The van der Waals surface area contributed by atoms with Crippen molar-refractivity contribution in [2.75, 3.05) is 35.4 Å². The lowest BCUT2D eigenvalue weighted by Gasteiger charge is -2.20. The molecule has 1 aromatic carbocycles. The first-order chi connectivity index (χ1) is 12.7. The molecule has 0 aliphatic rings. The van der Waals surface area contributed by atoms with Crippen LogP contribution in [0.2, 0.25) is 0 Å². The number of benzene rings is 1. The quantitative estimate of drug-likeness (QED) is 0.668. The van der Waals surface area contributed by atoms with E-state index in [1.807, 2.05) is 30.1 Å². The van der Waals surface area contributed by atoms with Gasteiger partial charge in [0.25, 0.3) is 5.56 Å². The van der Waals surface area contributed by atoms with Crippen molar-refractivity contribution >= 4 is 10.0 Å². The summed E-state index contributed by atoms with van der Waals surface area (Å²) in [6.45, 7) is 0.779. The first-order valence-electron chi connectivity index (χ1n) is 8.21. The standard InChI is InChI=1S/C18H25N3O5S/c1-19(2)27(23,24)15-7-9-18(22)21(12-15)13-20(3)11-14-6-8-16(25-4)17(10-14)26-5/h6-10,12H,11,13H2,1-5H3.